The second-order valence-corrected chi connectivity index (χ2v) is 9.19. The minimum Gasteiger partial charge on any atom is -0.480 e. The van der Waals surface area contributed by atoms with E-state index in [4.69, 9.17) is 14.8 Å². The number of ether oxygens (including phenoxy) is 1. The summed E-state index contributed by atoms with van der Waals surface area (Å²) in [6.45, 7) is 3.25. The molecule has 1 aliphatic carbocycles. The molecular weight excluding hydrogens is 442 g/mol. The quantitative estimate of drug-likeness (QED) is 0.611. The van der Waals surface area contributed by atoms with Crippen LogP contribution in [0.1, 0.15) is 19.3 Å². The number of nitrogens with zero attached hydrogens (tertiary/aromatic N) is 7. The van der Waals surface area contributed by atoms with Gasteiger partial charge in [-0.25, -0.2) is 13.5 Å². The molecule has 0 amide bonds. The van der Waals surface area contributed by atoms with Gasteiger partial charge in [-0.05, 0) is 43.2 Å². The van der Waals surface area contributed by atoms with Crippen molar-refractivity contribution in [2.45, 2.75) is 31.8 Å². The van der Waals surface area contributed by atoms with E-state index in [0.717, 1.165) is 50.7 Å². The number of piperidine rings is 1. The van der Waals surface area contributed by atoms with E-state index >= 15 is 0 Å². The summed E-state index contributed by atoms with van der Waals surface area (Å²) >= 11 is 0. The molecule has 34 heavy (non-hydrogen) atoms. The fourth-order valence-corrected chi connectivity index (χ4v) is 5.55. The molecule has 0 radical (unpaired) electrons. The molecule has 2 bridgehead atoms. The maximum absolute atomic E-state index is 13.8. The van der Waals surface area contributed by atoms with Crippen LogP contribution in [0.3, 0.4) is 0 Å². The van der Waals surface area contributed by atoms with Gasteiger partial charge in [0.25, 0.3) is 0 Å². The first-order valence-corrected chi connectivity index (χ1v) is 11.6. The molecule has 11 heteroatoms. The third-order valence-corrected chi connectivity index (χ3v) is 7.18. The Balaban J connectivity index is 1.20. The van der Waals surface area contributed by atoms with Crippen LogP contribution in [0.25, 0.3) is 0 Å². The Bertz CT molecular complexity index is 1190. The van der Waals surface area contributed by atoms with Gasteiger partial charge in [-0.2, -0.15) is 10.1 Å². The summed E-state index contributed by atoms with van der Waals surface area (Å²) in [5.74, 6) is 0.960. The van der Waals surface area contributed by atoms with E-state index in [0.29, 0.717) is 41.8 Å². The Morgan fingerprint density at radius 2 is 1.85 bits per heavy atom. The summed E-state index contributed by atoms with van der Waals surface area (Å²) in [6, 6.07) is 6.16. The van der Waals surface area contributed by atoms with Crippen molar-refractivity contribution >= 4 is 23.3 Å². The van der Waals surface area contributed by atoms with Gasteiger partial charge in [0.1, 0.15) is 0 Å². The summed E-state index contributed by atoms with van der Waals surface area (Å²) in [5, 5.41) is 16.3. The molecule has 2 aliphatic heterocycles. The van der Waals surface area contributed by atoms with Crippen LogP contribution in [0.4, 0.5) is 32.1 Å². The number of benzene rings is 1. The Labute approximate surface area is 195 Å². The smallest absolute Gasteiger partial charge is 0.244 e. The molecule has 2 aromatic heterocycles. The number of aromatic nitrogens is 5. The van der Waals surface area contributed by atoms with Crippen molar-refractivity contribution in [2.24, 2.45) is 11.8 Å². The van der Waals surface area contributed by atoms with E-state index in [1.54, 1.807) is 19.4 Å². The molecule has 1 aromatic carbocycles. The lowest BCUT2D eigenvalue weighted by Gasteiger charge is -2.39. The third-order valence-electron chi connectivity index (χ3n) is 7.18. The molecule has 1 saturated carbocycles. The standard InChI is InChI=1S/C23H26F2N8O/c1-34-20-10-17(11-26-29-20)31-12-14-3-4-15(13-31)21(14)27-22-28-23-32(7-2-8-33(23)30-22)16-5-6-18(24)19(25)9-16/h5-6,9-11,14-15,21H,2-4,7-8,12-13H2,1H3,(H,27,30)/t14-,15+,21-. The molecule has 1 saturated heterocycles. The monoisotopic (exact) mass is 468 g/mol. The van der Waals surface area contributed by atoms with Gasteiger partial charge in [0.15, 0.2) is 11.6 Å². The molecule has 3 aliphatic rings. The maximum Gasteiger partial charge on any atom is 0.244 e. The molecule has 4 heterocycles. The van der Waals surface area contributed by atoms with Crippen molar-refractivity contribution in [2.75, 3.05) is 41.9 Å². The molecule has 2 fully saturated rings. The second-order valence-electron chi connectivity index (χ2n) is 9.19. The molecular formula is C23H26F2N8O. The molecule has 178 valence electrons. The number of aryl methyl sites for hydroxylation is 1. The van der Waals surface area contributed by atoms with Gasteiger partial charge in [0.2, 0.25) is 17.8 Å². The number of rotatable bonds is 5. The number of hydrogen-bond donors (Lipinski definition) is 1. The summed E-state index contributed by atoms with van der Waals surface area (Å²) in [6.07, 6.45) is 4.92. The van der Waals surface area contributed by atoms with Crippen molar-refractivity contribution in [3.63, 3.8) is 0 Å². The van der Waals surface area contributed by atoms with Gasteiger partial charge in [-0.1, -0.05) is 0 Å². The number of nitrogens with one attached hydrogen (secondary N) is 1. The lowest BCUT2D eigenvalue weighted by atomic mass is 9.92. The van der Waals surface area contributed by atoms with Crippen LogP contribution in [-0.2, 0) is 6.54 Å². The normalized spacial score (nSPS) is 23.7. The molecule has 1 N–H and O–H groups in total. The lowest BCUT2D eigenvalue weighted by molar-refractivity contribution is 0.372. The Kier molecular flexibility index (Phi) is 5.19. The van der Waals surface area contributed by atoms with Crippen LogP contribution in [-0.4, -0.2) is 57.7 Å². The zero-order chi connectivity index (χ0) is 23.2. The molecule has 0 unspecified atom stereocenters. The highest BCUT2D eigenvalue weighted by Gasteiger charge is 2.43. The Morgan fingerprint density at radius 1 is 1.03 bits per heavy atom. The average Bonchev–Trinajstić information content (AvgIpc) is 3.36. The number of methoxy groups -OCH3 is 1. The van der Waals surface area contributed by atoms with Crippen LogP contribution in [0.2, 0.25) is 0 Å². The van der Waals surface area contributed by atoms with Crippen molar-refractivity contribution in [3.8, 4) is 5.88 Å². The predicted molar refractivity (Wildman–Crippen MR) is 122 cm³/mol. The van der Waals surface area contributed by atoms with Crippen LogP contribution in [0.15, 0.2) is 30.5 Å². The minimum absolute atomic E-state index is 0.286. The van der Waals surface area contributed by atoms with Crippen LogP contribution in [0.5, 0.6) is 5.88 Å². The van der Waals surface area contributed by atoms with Crippen molar-refractivity contribution < 1.29 is 13.5 Å². The fourth-order valence-electron chi connectivity index (χ4n) is 5.55. The first kappa shape index (κ1) is 21.1. The van der Waals surface area contributed by atoms with E-state index in [1.165, 1.54) is 6.07 Å². The second kappa shape index (κ2) is 8.37. The molecule has 6 rings (SSSR count). The lowest BCUT2D eigenvalue weighted by Crippen LogP contribution is -2.48. The predicted octanol–water partition coefficient (Wildman–Crippen LogP) is 3.22. The van der Waals surface area contributed by atoms with Gasteiger partial charge in [0.05, 0.1) is 19.0 Å². The highest BCUT2D eigenvalue weighted by molar-refractivity contribution is 5.59. The van der Waals surface area contributed by atoms with E-state index in [-0.39, 0.29) is 6.04 Å². The van der Waals surface area contributed by atoms with E-state index in [9.17, 15) is 8.78 Å². The summed E-state index contributed by atoms with van der Waals surface area (Å²) < 4.78 is 34.3. The first-order valence-electron chi connectivity index (χ1n) is 11.6. The summed E-state index contributed by atoms with van der Waals surface area (Å²) in [7, 11) is 1.60. The van der Waals surface area contributed by atoms with Crippen molar-refractivity contribution in [1.29, 1.82) is 0 Å². The maximum atomic E-state index is 13.8. The number of hydrogen-bond acceptors (Lipinski definition) is 8. The zero-order valence-electron chi connectivity index (χ0n) is 18.9. The SMILES string of the molecule is COc1cc(N2C[C@H]3CC[C@@H](C2)[C@@H]3Nc2nc3n(n2)CCCN3c2ccc(F)c(F)c2)cnn1. The van der Waals surface area contributed by atoms with Gasteiger partial charge in [0, 0.05) is 50.0 Å². The molecule has 3 aromatic rings. The van der Waals surface area contributed by atoms with E-state index in [2.05, 4.69) is 20.4 Å². The van der Waals surface area contributed by atoms with Crippen molar-refractivity contribution in [3.05, 3.63) is 42.1 Å². The summed E-state index contributed by atoms with van der Waals surface area (Å²) in [5.41, 5.74) is 1.61. The minimum atomic E-state index is -0.863. The Morgan fingerprint density at radius 3 is 2.62 bits per heavy atom. The zero-order valence-corrected chi connectivity index (χ0v) is 18.9. The highest BCUT2D eigenvalue weighted by Crippen LogP contribution is 2.40. The summed E-state index contributed by atoms with van der Waals surface area (Å²) in [4.78, 5) is 9.00. The highest BCUT2D eigenvalue weighted by atomic mass is 19.2. The van der Waals surface area contributed by atoms with E-state index in [1.807, 2.05) is 15.6 Å². The molecule has 0 spiro atoms. The van der Waals surface area contributed by atoms with E-state index < -0.39 is 11.6 Å². The fraction of sp³-hybridized carbons (Fsp3) is 0.478. The average molecular weight is 469 g/mol. The van der Waals surface area contributed by atoms with Gasteiger partial charge < -0.3 is 19.9 Å². The Hall–Kier alpha value is -3.50. The number of halogens is 2. The third kappa shape index (κ3) is 3.68. The van der Waals surface area contributed by atoms with Crippen molar-refractivity contribution in [1.82, 2.24) is 25.0 Å². The number of fused-ring (bicyclic) bond motifs is 3. The molecule has 9 nitrogen and oxygen atoms in total. The van der Waals surface area contributed by atoms with Crippen LogP contribution >= 0.6 is 0 Å². The first-order chi connectivity index (χ1) is 16.6. The molecule has 3 atom stereocenters. The van der Waals surface area contributed by atoms with Crippen LogP contribution < -0.4 is 19.9 Å². The van der Waals surface area contributed by atoms with Gasteiger partial charge >= 0.3 is 0 Å². The number of anilines is 4. The van der Waals surface area contributed by atoms with Gasteiger partial charge in [-0.3, -0.25) is 0 Å². The topological polar surface area (TPSA) is 84.2 Å². The van der Waals surface area contributed by atoms with Crippen LogP contribution in [0, 0.1) is 23.5 Å². The van der Waals surface area contributed by atoms with Gasteiger partial charge in [-0.15, -0.1) is 10.2 Å². The largest absolute Gasteiger partial charge is 0.480 e.